The van der Waals surface area contributed by atoms with Gasteiger partial charge in [0.1, 0.15) is 0 Å². The molecule has 140 valence electrons. The Hall–Kier alpha value is -3.74. The van der Waals surface area contributed by atoms with Crippen LogP contribution in [-0.4, -0.2) is 30.5 Å². The van der Waals surface area contributed by atoms with Gasteiger partial charge in [0.25, 0.3) is 5.91 Å². The number of pyridine rings is 1. The smallest absolute Gasteiger partial charge is 0.251 e. The van der Waals surface area contributed by atoms with Gasteiger partial charge in [0.05, 0.1) is 11.4 Å². The highest BCUT2D eigenvalue weighted by Crippen LogP contribution is 2.14. The van der Waals surface area contributed by atoms with Crippen LogP contribution in [0.4, 0.5) is 0 Å². The van der Waals surface area contributed by atoms with E-state index in [9.17, 15) is 4.79 Å². The Morgan fingerprint density at radius 1 is 1.07 bits per heavy atom. The number of benzene rings is 1. The Balaban J connectivity index is 1.47. The molecule has 0 saturated heterocycles. The lowest BCUT2D eigenvalue weighted by atomic mass is 10.2. The number of nitrogens with one attached hydrogen (secondary N) is 1. The second-order valence-electron chi connectivity index (χ2n) is 6.51. The van der Waals surface area contributed by atoms with E-state index in [0.29, 0.717) is 17.9 Å². The molecule has 0 unspecified atom stereocenters. The molecular weight excluding hydrogens is 352 g/mol. The van der Waals surface area contributed by atoms with Crippen molar-refractivity contribution in [1.29, 1.82) is 0 Å². The van der Waals surface area contributed by atoms with E-state index in [1.807, 2.05) is 61.1 Å². The highest BCUT2D eigenvalue weighted by atomic mass is 16.1. The zero-order chi connectivity index (χ0) is 19.5. The van der Waals surface area contributed by atoms with Crippen LogP contribution in [0.5, 0.6) is 0 Å². The molecule has 1 amide bonds. The monoisotopic (exact) mass is 372 g/mol. The molecule has 7 heteroatoms. The maximum absolute atomic E-state index is 12.6. The van der Waals surface area contributed by atoms with Gasteiger partial charge in [-0.3, -0.25) is 4.79 Å². The minimum atomic E-state index is -0.143. The van der Waals surface area contributed by atoms with Gasteiger partial charge in [-0.25, -0.2) is 14.3 Å². The molecule has 0 aliphatic carbocycles. The Morgan fingerprint density at radius 3 is 2.57 bits per heavy atom. The van der Waals surface area contributed by atoms with Gasteiger partial charge in [-0.2, -0.15) is 10.2 Å². The molecule has 0 aliphatic rings. The zero-order valence-corrected chi connectivity index (χ0v) is 15.7. The first-order valence-electron chi connectivity index (χ1n) is 8.97. The highest BCUT2D eigenvalue weighted by Gasteiger charge is 2.10. The van der Waals surface area contributed by atoms with E-state index >= 15 is 0 Å². The Labute approximate surface area is 162 Å². The van der Waals surface area contributed by atoms with Gasteiger partial charge >= 0.3 is 0 Å². The van der Waals surface area contributed by atoms with Crippen molar-refractivity contribution < 1.29 is 4.79 Å². The van der Waals surface area contributed by atoms with Crippen molar-refractivity contribution in [3.05, 3.63) is 89.6 Å². The fraction of sp³-hybridized carbons (Fsp3) is 0.143. The van der Waals surface area contributed by atoms with Crippen LogP contribution < -0.4 is 5.32 Å². The predicted octanol–water partition coefficient (Wildman–Crippen LogP) is 3.00. The number of amides is 1. The van der Waals surface area contributed by atoms with Gasteiger partial charge in [0, 0.05) is 42.0 Å². The second kappa shape index (κ2) is 7.48. The number of aryl methyl sites for hydroxylation is 2. The summed E-state index contributed by atoms with van der Waals surface area (Å²) in [6.07, 6.45) is 5.23. The summed E-state index contributed by atoms with van der Waals surface area (Å²) >= 11 is 0. The van der Waals surface area contributed by atoms with Crippen molar-refractivity contribution in [2.24, 2.45) is 0 Å². The SMILES string of the molecule is Cc1cc(C)n(-c2ccc(C(=O)NCc3cccnc3-n3cccn3)cc2)n1. The maximum atomic E-state index is 12.6. The zero-order valence-electron chi connectivity index (χ0n) is 15.7. The molecule has 4 aromatic rings. The minimum absolute atomic E-state index is 0.143. The van der Waals surface area contributed by atoms with Crippen LogP contribution in [0.3, 0.4) is 0 Å². The van der Waals surface area contributed by atoms with Crippen molar-refractivity contribution in [1.82, 2.24) is 29.9 Å². The van der Waals surface area contributed by atoms with Crippen LogP contribution >= 0.6 is 0 Å². The summed E-state index contributed by atoms with van der Waals surface area (Å²) < 4.78 is 3.55. The number of aromatic nitrogens is 5. The summed E-state index contributed by atoms with van der Waals surface area (Å²) in [4.78, 5) is 16.9. The summed E-state index contributed by atoms with van der Waals surface area (Å²) in [5.41, 5.74) is 4.42. The predicted molar refractivity (Wildman–Crippen MR) is 106 cm³/mol. The molecule has 0 radical (unpaired) electrons. The Kier molecular flexibility index (Phi) is 4.72. The van der Waals surface area contributed by atoms with Gasteiger partial charge in [0.2, 0.25) is 0 Å². The quantitative estimate of drug-likeness (QED) is 0.584. The molecule has 7 nitrogen and oxygen atoms in total. The molecule has 1 aromatic carbocycles. The molecule has 0 fully saturated rings. The van der Waals surface area contributed by atoms with Gasteiger partial charge in [-0.1, -0.05) is 6.07 Å². The fourth-order valence-electron chi connectivity index (χ4n) is 3.09. The van der Waals surface area contributed by atoms with Crippen molar-refractivity contribution >= 4 is 5.91 Å². The van der Waals surface area contributed by atoms with Crippen molar-refractivity contribution in [2.45, 2.75) is 20.4 Å². The van der Waals surface area contributed by atoms with Gasteiger partial charge in [0.15, 0.2) is 5.82 Å². The molecule has 3 heterocycles. The first kappa shape index (κ1) is 17.7. The molecule has 0 atom stereocenters. The first-order valence-corrected chi connectivity index (χ1v) is 8.97. The Bertz CT molecular complexity index is 1100. The number of rotatable bonds is 5. The molecule has 0 saturated carbocycles. The van der Waals surface area contributed by atoms with E-state index in [1.165, 1.54) is 0 Å². The van der Waals surface area contributed by atoms with Gasteiger partial charge < -0.3 is 5.32 Å². The average molecular weight is 372 g/mol. The van der Waals surface area contributed by atoms with E-state index in [2.05, 4.69) is 20.5 Å². The summed E-state index contributed by atoms with van der Waals surface area (Å²) in [6.45, 7) is 4.33. The lowest BCUT2D eigenvalue weighted by Crippen LogP contribution is -2.23. The topological polar surface area (TPSA) is 77.6 Å². The molecule has 3 aromatic heterocycles. The van der Waals surface area contributed by atoms with Crippen LogP contribution in [0.2, 0.25) is 0 Å². The Morgan fingerprint density at radius 2 is 1.89 bits per heavy atom. The molecular formula is C21H20N6O. The van der Waals surface area contributed by atoms with Gasteiger partial charge in [-0.15, -0.1) is 0 Å². The lowest BCUT2D eigenvalue weighted by molar-refractivity contribution is 0.0951. The first-order chi connectivity index (χ1) is 13.6. The summed E-state index contributed by atoms with van der Waals surface area (Å²) in [5, 5.41) is 11.6. The van der Waals surface area contributed by atoms with Crippen molar-refractivity contribution in [3.8, 4) is 11.5 Å². The summed E-state index contributed by atoms with van der Waals surface area (Å²) in [7, 11) is 0. The van der Waals surface area contributed by atoms with Crippen molar-refractivity contribution in [2.75, 3.05) is 0 Å². The standard InChI is InChI=1S/C21H20N6O/c1-15-13-16(2)27(25-15)19-8-6-17(7-9-19)21(28)23-14-18-5-3-10-22-20(18)26-12-4-11-24-26/h3-13H,14H2,1-2H3,(H,23,28). The maximum Gasteiger partial charge on any atom is 0.251 e. The van der Waals surface area contributed by atoms with E-state index in [-0.39, 0.29) is 5.91 Å². The van der Waals surface area contributed by atoms with Gasteiger partial charge in [-0.05, 0) is 56.3 Å². The third-order valence-electron chi connectivity index (χ3n) is 4.41. The minimum Gasteiger partial charge on any atom is -0.348 e. The summed E-state index contributed by atoms with van der Waals surface area (Å²) in [6, 6.07) is 15.0. The van der Waals surface area contributed by atoms with E-state index in [0.717, 1.165) is 22.6 Å². The third kappa shape index (κ3) is 3.55. The fourth-order valence-corrected chi connectivity index (χ4v) is 3.09. The molecule has 28 heavy (non-hydrogen) atoms. The van der Waals surface area contributed by atoms with Crippen LogP contribution in [0.15, 0.2) is 67.1 Å². The van der Waals surface area contributed by atoms with E-state index in [1.54, 1.807) is 29.2 Å². The third-order valence-corrected chi connectivity index (χ3v) is 4.41. The number of nitrogens with zero attached hydrogens (tertiary/aromatic N) is 5. The largest absolute Gasteiger partial charge is 0.348 e. The molecule has 0 bridgehead atoms. The van der Waals surface area contributed by atoms with Crippen LogP contribution in [0.1, 0.15) is 27.3 Å². The summed E-state index contributed by atoms with van der Waals surface area (Å²) in [5.74, 6) is 0.558. The molecule has 0 spiro atoms. The van der Waals surface area contributed by atoms with E-state index in [4.69, 9.17) is 0 Å². The highest BCUT2D eigenvalue weighted by molar-refractivity contribution is 5.94. The normalized spacial score (nSPS) is 10.8. The molecule has 0 aliphatic heterocycles. The lowest BCUT2D eigenvalue weighted by Gasteiger charge is -2.10. The number of hydrogen-bond acceptors (Lipinski definition) is 4. The average Bonchev–Trinajstić information content (AvgIpc) is 3.36. The van der Waals surface area contributed by atoms with Crippen molar-refractivity contribution in [3.63, 3.8) is 0 Å². The second-order valence-corrected chi connectivity index (χ2v) is 6.51. The van der Waals surface area contributed by atoms with Crippen LogP contribution in [0, 0.1) is 13.8 Å². The molecule has 1 N–H and O–H groups in total. The van der Waals surface area contributed by atoms with Crippen LogP contribution in [0.25, 0.3) is 11.5 Å². The number of carbonyl (C=O) groups is 1. The van der Waals surface area contributed by atoms with Crippen LogP contribution in [-0.2, 0) is 6.54 Å². The number of carbonyl (C=O) groups excluding carboxylic acids is 1. The number of hydrogen-bond donors (Lipinski definition) is 1. The molecule has 4 rings (SSSR count). The van der Waals surface area contributed by atoms with E-state index < -0.39 is 0 Å².